The fourth-order valence-electron chi connectivity index (χ4n) is 2.64. The Bertz CT molecular complexity index is 998. The molecule has 8 heteroatoms. The number of rotatable bonds is 6. The van der Waals surface area contributed by atoms with Gasteiger partial charge in [0.1, 0.15) is 5.82 Å². The molecule has 0 atom stereocenters. The van der Waals surface area contributed by atoms with E-state index in [4.69, 9.17) is 0 Å². The van der Waals surface area contributed by atoms with Gasteiger partial charge in [0.15, 0.2) is 5.16 Å². The quantitative estimate of drug-likeness (QED) is 0.627. The summed E-state index contributed by atoms with van der Waals surface area (Å²) in [6.07, 6.45) is 0. The first kappa shape index (κ1) is 19.6. The number of aromatic nitrogens is 3. The molecule has 144 valence electrons. The van der Waals surface area contributed by atoms with Gasteiger partial charge >= 0.3 is 0 Å². The van der Waals surface area contributed by atoms with Gasteiger partial charge in [0.05, 0.1) is 5.75 Å². The molecule has 0 spiro atoms. The lowest BCUT2D eigenvalue weighted by Gasteiger charge is -2.09. The number of amides is 2. The second-order valence-corrected chi connectivity index (χ2v) is 7.14. The molecule has 2 amide bonds. The van der Waals surface area contributed by atoms with Crippen molar-refractivity contribution in [2.24, 2.45) is 0 Å². The van der Waals surface area contributed by atoms with E-state index in [9.17, 15) is 9.59 Å². The lowest BCUT2D eigenvalue weighted by atomic mass is 10.2. The SMILES string of the molecule is CNC(=O)c1cccc(NC(=O)CSc2nnc(C)n2-c2ccc(C)cc2)c1. The Morgan fingerprint density at radius 2 is 1.82 bits per heavy atom. The van der Waals surface area contributed by atoms with Crippen molar-refractivity contribution in [3.8, 4) is 5.69 Å². The first-order valence-corrected chi connectivity index (χ1v) is 9.70. The van der Waals surface area contributed by atoms with E-state index < -0.39 is 0 Å². The molecule has 3 aromatic rings. The van der Waals surface area contributed by atoms with Crippen molar-refractivity contribution in [3.63, 3.8) is 0 Å². The number of nitrogens with zero attached hydrogens (tertiary/aromatic N) is 3. The number of thioether (sulfide) groups is 1. The Labute approximate surface area is 167 Å². The predicted octanol–water partition coefficient (Wildman–Crippen LogP) is 2.97. The number of carbonyl (C=O) groups is 2. The zero-order chi connectivity index (χ0) is 20.1. The Kier molecular flexibility index (Phi) is 6.10. The first-order chi connectivity index (χ1) is 13.5. The van der Waals surface area contributed by atoms with Crippen LogP contribution in [-0.2, 0) is 4.79 Å². The molecular formula is C20H21N5O2S. The normalized spacial score (nSPS) is 10.5. The van der Waals surface area contributed by atoms with Gasteiger partial charge in [-0.15, -0.1) is 10.2 Å². The molecule has 0 aliphatic rings. The van der Waals surface area contributed by atoms with Crippen molar-refractivity contribution in [2.75, 3.05) is 18.1 Å². The molecule has 0 fully saturated rings. The van der Waals surface area contributed by atoms with Crippen molar-refractivity contribution in [2.45, 2.75) is 19.0 Å². The summed E-state index contributed by atoms with van der Waals surface area (Å²) in [4.78, 5) is 24.1. The van der Waals surface area contributed by atoms with Crippen LogP contribution in [0.1, 0.15) is 21.7 Å². The summed E-state index contributed by atoms with van der Waals surface area (Å²) in [5.74, 6) is 0.543. The molecule has 0 aliphatic heterocycles. The molecular weight excluding hydrogens is 374 g/mol. The van der Waals surface area contributed by atoms with E-state index in [0.29, 0.717) is 16.4 Å². The van der Waals surface area contributed by atoms with Gasteiger partial charge in [-0.05, 0) is 44.2 Å². The average molecular weight is 395 g/mol. The van der Waals surface area contributed by atoms with Gasteiger partial charge in [0.2, 0.25) is 5.91 Å². The van der Waals surface area contributed by atoms with Gasteiger partial charge in [-0.2, -0.15) is 0 Å². The number of benzene rings is 2. The van der Waals surface area contributed by atoms with Gasteiger partial charge in [-0.1, -0.05) is 35.5 Å². The minimum Gasteiger partial charge on any atom is -0.355 e. The van der Waals surface area contributed by atoms with Crippen LogP contribution in [0.15, 0.2) is 53.7 Å². The van der Waals surface area contributed by atoms with Crippen LogP contribution in [0.3, 0.4) is 0 Å². The van der Waals surface area contributed by atoms with E-state index in [-0.39, 0.29) is 17.6 Å². The summed E-state index contributed by atoms with van der Waals surface area (Å²) in [5, 5.41) is 14.3. The van der Waals surface area contributed by atoms with E-state index in [1.165, 1.54) is 17.3 Å². The molecule has 0 saturated heterocycles. The van der Waals surface area contributed by atoms with Crippen LogP contribution >= 0.6 is 11.8 Å². The average Bonchev–Trinajstić information content (AvgIpc) is 3.07. The highest BCUT2D eigenvalue weighted by atomic mass is 32.2. The molecule has 1 heterocycles. The summed E-state index contributed by atoms with van der Waals surface area (Å²) in [7, 11) is 1.57. The third-order valence-electron chi connectivity index (χ3n) is 4.06. The molecule has 2 N–H and O–H groups in total. The smallest absolute Gasteiger partial charge is 0.251 e. The first-order valence-electron chi connectivity index (χ1n) is 8.72. The van der Waals surface area contributed by atoms with E-state index in [2.05, 4.69) is 20.8 Å². The fourth-order valence-corrected chi connectivity index (χ4v) is 3.43. The zero-order valence-electron chi connectivity index (χ0n) is 15.9. The summed E-state index contributed by atoms with van der Waals surface area (Å²) >= 11 is 1.31. The monoisotopic (exact) mass is 395 g/mol. The van der Waals surface area contributed by atoms with E-state index in [1.54, 1.807) is 31.3 Å². The van der Waals surface area contributed by atoms with Crippen LogP contribution in [0, 0.1) is 13.8 Å². The van der Waals surface area contributed by atoms with Gasteiger partial charge in [-0.3, -0.25) is 14.2 Å². The van der Waals surface area contributed by atoms with E-state index in [0.717, 1.165) is 11.5 Å². The van der Waals surface area contributed by atoms with Crippen LogP contribution in [0.2, 0.25) is 0 Å². The van der Waals surface area contributed by atoms with Crippen LogP contribution < -0.4 is 10.6 Å². The van der Waals surface area contributed by atoms with Crippen LogP contribution in [0.25, 0.3) is 5.69 Å². The lowest BCUT2D eigenvalue weighted by molar-refractivity contribution is -0.113. The zero-order valence-corrected chi connectivity index (χ0v) is 16.7. The number of carbonyl (C=O) groups excluding carboxylic acids is 2. The summed E-state index contributed by atoms with van der Waals surface area (Å²) in [6, 6.07) is 14.8. The van der Waals surface area contributed by atoms with Crippen molar-refractivity contribution < 1.29 is 9.59 Å². The third-order valence-corrected chi connectivity index (χ3v) is 4.98. The second kappa shape index (κ2) is 8.71. The maximum atomic E-state index is 12.3. The molecule has 0 saturated carbocycles. The number of anilines is 1. The number of aryl methyl sites for hydroxylation is 2. The van der Waals surface area contributed by atoms with Gasteiger partial charge in [0.25, 0.3) is 5.91 Å². The number of hydrogen-bond donors (Lipinski definition) is 2. The molecule has 0 bridgehead atoms. The molecule has 3 rings (SSSR count). The minimum atomic E-state index is -0.202. The number of hydrogen-bond acceptors (Lipinski definition) is 5. The molecule has 1 aromatic heterocycles. The molecule has 2 aromatic carbocycles. The minimum absolute atomic E-state index is 0.175. The molecule has 28 heavy (non-hydrogen) atoms. The summed E-state index contributed by atoms with van der Waals surface area (Å²) in [5.41, 5.74) is 3.18. The van der Waals surface area contributed by atoms with E-state index >= 15 is 0 Å². The van der Waals surface area contributed by atoms with Crippen LogP contribution in [-0.4, -0.2) is 39.4 Å². The predicted molar refractivity (Wildman–Crippen MR) is 110 cm³/mol. The second-order valence-electron chi connectivity index (χ2n) is 6.20. The van der Waals surface area contributed by atoms with Crippen molar-refractivity contribution in [1.29, 1.82) is 0 Å². The lowest BCUT2D eigenvalue weighted by Crippen LogP contribution is -2.19. The maximum absolute atomic E-state index is 12.3. The third kappa shape index (κ3) is 4.58. The van der Waals surface area contributed by atoms with Gasteiger partial charge in [-0.25, -0.2) is 0 Å². The fraction of sp³-hybridized carbons (Fsp3) is 0.200. The van der Waals surface area contributed by atoms with Gasteiger partial charge in [0, 0.05) is 24.0 Å². The Morgan fingerprint density at radius 1 is 1.07 bits per heavy atom. The Hall–Kier alpha value is -3.13. The van der Waals surface area contributed by atoms with Crippen molar-refractivity contribution in [1.82, 2.24) is 20.1 Å². The summed E-state index contributed by atoms with van der Waals surface area (Å²) in [6.45, 7) is 3.91. The Morgan fingerprint density at radius 3 is 2.54 bits per heavy atom. The summed E-state index contributed by atoms with van der Waals surface area (Å²) < 4.78 is 1.92. The van der Waals surface area contributed by atoms with Crippen molar-refractivity contribution >= 4 is 29.3 Å². The highest BCUT2D eigenvalue weighted by Gasteiger charge is 2.14. The molecule has 0 aliphatic carbocycles. The number of nitrogens with one attached hydrogen (secondary N) is 2. The van der Waals surface area contributed by atoms with Crippen molar-refractivity contribution in [3.05, 3.63) is 65.5 Å². The molecule has 7 nitrogen and oxygen atoms in total. The highest BCUT2D eigenvalue weighted by Crippen LogP contribution is 2.22. The van der Waals surface area contributed by atoms with Crippen LogP contribution in [0.5, 0.6) is 0 Å². The Balaban J connectivity index is 1.67. The van der Waals surface area contributed by atoms with Crippen LogP contribution in [0.4, 0.5) is 5.69 Å². The topological polar surface area (TPSA) is 88.9 Å². The molecule has 0 radical (unpaired) electrons. The maximum Gasteiger partial charge on any atom is 0.251 e. The van der Waals surface area contributed by atoms with E-state index in [1.807, 2.05) is 42.7 Å². The standard InChI is InChI=1S/C20H21N5O2S/c1-13-7-9-17(10-8-13)25-14(2)23-24-20(25)28-12-18(26)22-16-6-4-5-15(11-16)19(27)21-3/h4-11H,12H2,1-3H3,(H,21,27)(H,22,26). The van der Waals surface area contributed by atoms with Gasteiger partial charge < -0.3 is 10.6 Å². The highest BCUT2D eigenvalue weighted by molar-refractivity contribution is 7.99. The largest absolute Gasteiger partial charge is 0.355 e. The molecule has 0 unspecified atom stereocenters.